The van der Waals surface area contributed by atoms with Gasteiger partial charge in [0.1, 0.15) is 5.60 Å². The maximum absolute atomic E-state index is 12.2. The van der Waals surface area contributed by atoms with E-state index in [1.54, 1.807) is 4.90 Å². The Kier molecular flexibility index (Phi) is 3.56. The molecule has 0 saturated carbocycles. The molecule has 3 aliphatic rings. The maximum atomic E-state index is 12.2. The third kappa shape index (κ3) is 2.91. The van der Waals surface area contributed by atoms with Crippen LogP contribution < -0.4 is 0 Å². The van der Waals surface area contributed by atoms with Crippen LogP contribution in [-0.2, 0) is 14.3 Å². The molecule has 2 heterocycles. The lowest BCUT2D eigenvalue weighted by molar-refractivity contribution is -0.149. The molecule has 3 atom stereocenters. The van der Waals surface area contributed by atoms with Gasteiger partial charge < -0.3 is 14.4 Å². The van der Waals surface area contributed by atoms with Crippen LogP contribution in [0.2, 0.25) is 0 Å². The van der Waals surface area contributed by atoms with Gasteiger partial charge >= 0.3 is 12.1 Å². The molecule has 0 aromatic carbocycles. The first-order chi connectivity index (χ1) is 8.81. The Morgan fingerprint density at radius 3 is 2.47 bits per heavy atom. The lowest BCUT2D eigenvalue weighted by Crippen LogP contribution is -2.56. The van der Waals surface area contributed by atoms with Crippen molar-refractivity contribution in [3.05, 3.63) is 12.2 Å². The molecule has 0 radical (unpaired) electrons. The van der Waals surface area contributed by atoms with E-state index in [2.05, 4.69) is 6.08 Å². The molecule has 1 fully saturated rings. The van der Waals surface area contributed by atoms with Crippen LogP contribution >= 0.6 is 0 Å². The highest BCUT2D eigenvalue weighted by molar-refractivity contribution is 5.77. The molecule has 5 heteroatoms. The van der Waals surface area contributed by atoms with Gasteiger partial charge in [-0.15, -0.1) is 0 Å². The van der Waals surface area contributed by atoms with Crippen molar-refractivity contribution in [3.8, 4) is 0 Å². The second-order valence-corrected chi connectivity index (χ2v) is 6.13. The van der Waals surface area contributed by atoms with Gasteiger partial charge in [0.2, 0.25) is 0 Å². The summed E-state index contributed by atoms with van der Waals surface area (Å²) >= 11 is 0. The summed E-state index contributed by atoms with van der Waals surface area (Å²) in [6.45, 7) is 6.12. The van der Waals surface area contributed by atoms with Crippen LogP contribution in [0.3, 0.4) is 0 Å². The van der Waals surface area contributed by atoms with E-state index in [-0.39, 0.29) is 29.9 Å². The molecule has 106 valence electrons. The fourth-order valence-electron chi connectivity index (χ4n) is 2.68. The first kappa shape index (κ1) is 13.9. The molecule has 2 bridgehead atoms. The Morgan fingerprint density at radius 2 is 1.95 bits per heavy atom. The molecule has 1 aliphatic carbocycles. The highest BCUT2D eigenvalue weighted by atomic mass is 16.6. The number of piperidine rings is 1. The highest BCUT2D eigenvalue weighted by Gasteiger charge is 2.44. The van der Waals surface area contributed by atoms with E-state index in [1.165, 1.54) is 7.11 Å². The van der Waals surface area contributed by atoms with E-state index in [4.69, 9.17) is 9.47 Å². The number of ether oxygens (including phenoxy) is 2. The fourth-order valence-corrected chi connectivity index (χ4v) is 2.68. The fraction of sp³-hybridized carbons (Fsp3) is 0.714. The average molecular weight is 267 g/mol. The van der Waals surface area contributed by atoms with Crippen molar-refractivity contribution in [3.63, 3.8) is 0 Å². The minimum Gasteiger partial charge on any atom is -0.469 e. The van der Waals surface area contributed by atoms with E-state index < -0.39 is 5.60 Å². The number of hydrogen-bond donors (Lipinski definition) is 0. The third-order valence-electron chi connectivity index (χ3n) is 3.47. The van der Waals surface area contributed by atoms with Crippen LogP contribution in [0.4, 0.5) is 4.79 Å². The van der Waals surface area contributed by atoms with Crippen LogP contribution in [0.25, 0.3) is 0 Å². The van der Waals surface area contributed by atoms with Crippen molar-refractivity contribution < 1.29 is 19.1 Å². The third-order valence-corrected chi connectivity index (χ3v) is 3.47. The zero-order chi connectivity index (χ0) is 14.2. The van der Waals surface area contributed by atoms with Gasteiger partial charge in [0.25, 0.3) is 0 Å². The molecule has 19 heavy (non-hydrogen) atoms. The van der Waals surface area contributed by atoms with Gasteiger partial charge in [0.15, 0.2) is 0 Å². The predicted molar refractivity (Wildman–Crippen MR) is 69.5 cm³/mol. The summed E-state index contributed by atoms with van der Waals surface area (Å²) in [5.74, 6) is -0.324. The lowest BCUT2D eigenvalue weighted by Gasteiger charge is -2.45. The predicted octanol–water partition coefficient (Wildman–Crippen LogP) is 1.97. The first-order valence-corrected chi connectivity index (χ1v) is 6.57. The van der Waals surface area contributed by atoms with Crippen LogP contribution in [0, 0.1) is 11.8 Å². The second kappa shape index (κ2) is 4.87. The summed E-state index contributed by atoms with van der Waals surface area (Å²) in [6.07, 6.45) is 4.38. The van der Waals surface area contributed by atoms with E-state index in [0.29, 0.717) is 6.54 Å². The van der Waals surface area contributed by atoms with Crippen LogP contribution in [0.5, 0.6) is 0 Å². The second-order valence-electron chi connectivity index (χ2n) is 6.13. The largest absolute Gasteiger partial charge is 0.469 e. The average Bonchev–Trinajstić information content (AvgIpc) is 2.36. The molecular formula is C14H21NO4. The monoisotopic (exact) mass is 267 g/mol. The van der Waals surface area contributed by atoms with E-state index in [1.807, 2.05) is 26.8 Å². The summed E-state index contributed by atoms with van der Waals surface area (Å²) in [4.78, 5) is 25.6. The highest BCUT2D eigenvalue weighted by Crippen LogP contribution is 2.35. The first-order valence-electron chi connectivity index (χ1n) is 6.57. The van der Waals surface area contributed by atoms with Crippen molar-refractivity contribution in [2.24, 2.45) is 11.8 Å². The molecule has 0 aromatic heterocycles. The number of fused-ring (bicyclic) bond motifs is 2. The molecule has 1 saturated heterocycles. The summed E-state index contributed by atoms with van der Waals surface area (Å²) < 4.78 is 10.2. The van der Waals surface area contributed by atoms with Gasteiger partial charge in [-0.3, -0.25) is 4.79 Å². The number of carbonyl (C=O) groups excluding carboxylic acids is 2. The minimum atomic E-state index is -0.530. The standard InChI is InChI=1S/C14H21NO4/c1-14(2,3)19-13(17)15-8-9-5-6-11(15)10(7-9)12(16)18-4/h5-6,9-11H,7-8H2,1-4H3/t9-,10+,11-/m1/s1. The number of hydrogen-bond acceptors (Lipinski definition) is 4. The molecule has 5 nitrogen and oxygen atoms in total. The van der Waals surface area contributed by atoms with Crippen molar-refractivity contribution in [2.75, 3.05) is 13.7 Å². The topological polar surface area (TPSA) is 55.8 Å². The van der Waals surface area contributed by atoms with Crippen LogP contribution in [-0.4, -0.2) is 42.3 Å². The minimum absolute atomic E-state index is 0.210. The molecule has 3 rings (SSSR count). The Labute approximate surface area is 113 Å². The van der Waals surface area contributed by atoms with Gasteiger partial charge in [0, 0.05) is 6.54 Å². The van der Waals surface area contributed by atoms with E-state index >= 15 is 0 Å². The van der Waals surface area contributed by atoms with Crippen molar-refractivity contribution in [1.82, 2.24) is 4.90 Å². The molecule has 1 amide bonds. The molecule has 0 N–H and O–H groups in total. The summed E-state index contributed by atoms with van der Waals surface area (Å²) in [5.41, 5.74) is -0.530. The van der Waals surface area contributed by atoms with Crippen molar-refractivity contribution >= 4 is 12.1 Å². The van der Waals surface area contributed by atoms with Gasteiger partial charge in [-0.2, -0.15) is 0 Å². The molecule has 2 aliphatic heterocycles. The van der Waals surface area contributed by atoms with Crippen molar-refractivity contribution in [1.29, 1.82) is 0 Å². The van der Waals surface area contributed by atoms with Crippen LogP contribution in [0.15, 0.2) is 12.2 Å². The summed E-state index contributed by atoms with van der Waals surface area (Å²) in [5, 5.41) is 0. The van der Waals surface area contributed by atoms with Gasteiger partial charge in [0.05, 0.1) is 19.1 Å². The van der Waals surface area contributed by atoms with Crippen LogP contribution in [0.1, 0.15) is 27.2 Å². The Hall–Kier alpha value is -1.52. The number of rotatable bonds is 1. The SMILES string of the molecule is COC(=O)[C@H]1C[C@H]2C=C[C@H]1N(C(=O)OC(C)(C)C)C2. The van der Waals surface area contributed by atoms with E-state index in [9.17, 15) is 9.59 Å². The quantitative estimate of drug-likeness (QED) is 0.538. The summed E-state index contributed by atoms with van der Waals surface area (Å²) in [6, 6.07) is -0.243. The Balaban J connectivity index is 2.13. The number of amides is 1. The molecule has 0 spiro atoms. The zero-order valence-corrected chi connectivity index (χ0v) is 11.9. The molecule has 0 unspecified atom stereocenters. The maximum Gasteiger partial charge on any atom is 0.410 e. The number of methoxy groups -OCH3 is 1. The summed E-state index contributed by atoms with van der Waals surface area (Å²) in [7, 11) is 1.38. The number of nitrogens with zero attached hydrogens (tertiary/aromatic N) is 1. The normalized spacial score (nSPS) is 29.3. The molecule has 0 aromatic rings. The van der Waals surface area contributed by atoms with Gasteiger partial charge in [-0.25, -0.2) is 4.79 Å². The lowest BCUT2D eigenvalue weighted by atomic mass is 9.78. The number of esters is 1. The number of carbonyl (C=O) groups is 2. The van der Waals surface area contributed by atoms with E-state index in [0.717, 1.165) is 6.42 Å². The van der Waals surface area contributed by atoms with Gasteiger partial charge in [-0.05, 0) is 33.1 Å². The van der Waals surface area contributed by atoms with Crippen molar-refractivity contribution in [2.45, 2.75) is 38.8 Å². The Bertz CT molecular complexity index is 410. The molecular weight excluding hydrogens is 246 g/mol. The van der Waals surface area contributed by atoms with Gasteiger partial charge in [-0.1, -0.05) is 12.2 Å². The zero-order valence-electron chi connectivity index (χ0n) is 11.9. The Morgan fingerprint density at radius 1 is 1.26 bits per heavy atom. The smallest absolute Gasteiger partial charge is 0.410 e.